The highest BCUT2D eigenvalue weighted by molar-refractivity contribution is 5.55. The van der Waals surface area contributed by atoms with Gasteiger partial charge in [-0.1, -0.05) is 13.8 Å². The molecule has 2 fully saturated rings. The van der Waals surface area contributed by atoms with Crippen molar-refractivity contribution in [2.75, 3.05) is 0 Å². The molecule has 0 aromatic heterocycles. The summed E-state index contributed by atoms with van der Waals surface area (Å²) in [5.74, 6) is 3.67. The van der Waals surface area contributed by atoms with Crippen molar-refractivity contribution in [3.05, 3.63) is 0 Å². The molecule has 2 bridgehead atoms. The van der Waals surface area contributed by atoms with Gasteiger partial charge in [0.15, 0.2) is 0 Å². The Kier molecular flexibility index (Phi) is 1.55. The van der Waals surface area contributed by atoms with Crippen molar-refractivity contribution >= 4 is 6.29 Å². The predicted molar refractivity (Wildman–Crippen MR) is 44.1 cm³/mol. The molecule has 0 amide bonds. The first-order chi connectivity index (χ1) is 5.24. The van der Waals surface area contributed by atoms with Gasteiger partial charge in [-0.05, 0) is 36.5 Å². The molecule has 0 aromatic rings. The van der Waals surface area contributed by atoms with E-state index in [4.69, 9.17) is 0 Å². The van der Waals surface area contributed by atoms with Crippen LogP contribution in [0.3, 0.4) is 0 Å². The topological polar surface area (TPSA) is 17.1 Å². The molecule has 0 radical (unpaired) electrons. The van der Waals surface area contributed by atoms with E-state index in [9.17, 15) is 4.79 Å². The van der Waals surface area contributed by atoms with E-state index < -0.39 is 0 Å². The van der Waals surface area contributed by atoms with Crippen molar-refractivity contribution in [3.63, 3.8) is 0 Å². The molecule has 62 valence electrons. The molecule has 0 N–H and O–H groups in total. The van der Waals surface area contributed by atoms with E-state index in [1.807, 2.05) is 0 Å². The third-order valence-electron chi connectivity index (χ3n) is 4.12. The number of hydrogen-bond acceptors (Lipinski definition) is 1. The summed E-state index contributed by atoms with van der Waals surface area (Å²) in [6.45, 7) is 4.65. The lowest BCUT2D eigenvalue weighted by atomic mass is 9.76. The minimum absolute atomic E-state index is 0.409. The van der Waals surface area contributed by atoms with Gasteiger partial charge in [0.05, 0.1) is 0 Å². The zero-order valence-electron chi connectivity index (χ0n) is 7.29. The van der Waals surface area contributed by atoms with E-state index in [0.29, 0.717) is 5.92 Å². The fraction of sp³-hybridized carbons (Fsp3) is 0.900. The summed E-state index contributed by atoms with van der Waals surface area (Å²) in [6.07, 6.45) is 3.69. The smallest absolute Gasteiger partial charge is 0.123 e. The first kappa shape index (κ1) is 7.33. The molecule has 2 aliphatic rings. The van der Waals surface area contributed by atoms with Crippen LogP contribution in [0.2, 0.25) is 0 Å². The van der Waals surface area contributed by atoms with Crippen LogP contribution in [0.25, 0.3) is 0 Å². The van der Waals surface area contributed by atoms with Gasteiger partial charge in [0, 0.05) is 5.92 Å². The Morgan fingerprint density at radius 1 is 1.18 bits per heavy atom. The average Bonchev–Trinajstić information content (AvgIpc) is 2.53. The fourth-order valence-electron chi connectivity index (χ4n) is 3.15. The zero-order chi connectivity index (χ0) is 8.01. The highest BCUT2D eigenvalue weighted by Crippen LogP contribution is 2.54. The number of fused-ring (bicyclic) bond motifs is 2. The fourth-order valence-corrected chi connectivity index (χ4v) is 3.15. The average molecular weight is 152 g/mol. The number of aldehydes is 1. The van der Waals surface area contributed by atoms with Crippen molar-refractivity contribution in [1.82, 2.24) is 0 Å². The zero-order valence-corrected chi connectivity index (χ0v) is 7.29. The van der Waals surface area contributed by atoms with Crippen molar-refractivity contribution in [1.29, 1.82) is 0 Å². The lowest BCUT2D eigenvalue weighted by molar-refractivity contribution is -0.113. The van der Waals surface area contributed by atoms with Gasteiger partial charge >= 0.3 is 0 Å². The SMILES string of the molecule is CC1C(C)[C@H]2C[C@@H]1CC2C=O. The van der Waals surface area contributed by atoms with Crippen molar-refractivity contribution < 1.29 is 4.79 Å². The molecule has 1 heteroatoms. The van der Waals surface area contributed by atoms with Crippen LogP contribution in [0.5, 0.6) is 0 Å². The Hall–Kier alpha value is -0.330. The van der Waals surface area contributed by atoms with Crippen LogP contribution in [0.4, 0.5) is 0 Å². The van der Waals surface area contributed by atoms with E-state index in [-0.39, 0.29) is 0 Å². The number of carbonyl (C=O) groups excluding carboxylic acids is 1. The Bertz CT molecular complexity index is 174. The first-order valence-electron chi connectivity index (χ1n) is 4.69. The molecule has 0 aromatic carbocycles. The van der Waals surface area contributed by atoms with Crippen molar-refractivity contribution in [2.24, 2.45) is 29.6 Å². The van der Waals surface area contributed by atoms with Crippen LogP contribution in [-0.4, -0.2) is 6.29 Å². The highest BCUT2D eigenvalue weighted by atomic mass is 16.1. The quantitative estimate of drug-likeness (QED) is 0.526. The maximum atomic E-state index is 10.6. The van der Waals surface area contributed by atoms with E-state index >= 15 is 0 Å². The van der Waals surface area contributed by atoms with Crippen LogP contribution in [0.15, 0.2) is 0 Å². The van der Waals surface area contributed by atoms with E-state index in [1.54, 1.807) is 0 Å². The van der Waals surface area contributed by atoms with Crippen LogP contribution >= 0.6 is 0 Å². The Labute approximate surface area is 68.2 Å². The summed E-state index contributed by atoms with van der Waals surface area (Å²) >= 11 is 0. The summed E-state index contributed by atoms with van der Waals surface area (Å²) in [7, 11) is 0. The van der Waals surface area contributed by atoms with Crippen LogP contribution < -0.4 is 0 Å². The van der Waals surface area contributed by atoms with Crippen molar-refractivity contribution in [3.8, 4) is 0 Å². The Morgan fingerprint density at radius 3 is 2.36 bits per heavy atom. The summed E-state index contributed by atoms with van der Waals surface area (Å²) in [5.41, 5.74) is 0. The van der Waals surface area contributed by atoms with E-state index in [1.165, 1.54) is 19.1 Å². The third kappa shape index (κ3) is 0.863. The van der Waals surface area contributed by atoms with Crippen LogP contribution in [-0.2, 0) is 4.79 Å². The molecular weight excluding hydrogens is 136 g/mol. The van der Waals surface area contributed by atoms with Gasteiger partial charge in [-0.3, -0.25) is 0 Å². The van der Waals surface area contributed by atoms with E-state index in [2.05, 4.69) is 13.8 Å². The number of rotatable bonds is 1. The van der Waals surface area contributed by atoms with Gasteiger partial charge in [0.1, 0.15) is 6.29 Å². The summed E-state index contributed by atoms with van der Waals surface area (Å²) < 4.78 is 0. The molecule has 2 saturated carbocycles. The summed E-state index contributed by atoms with van der Waals surface area (Å²) in [4.78, 5) is 10.6. The molecule has 2 aliphatic carbocycles. The maximum absolute atomic E-state index is 10.6. The molecule has 3 unspecified atom stereocenters. The molecule has 0 aliphatic heterocycles. The third-order valence-corrected chi connectivity index (χ3v) is 4.12. The molecular formula is C10H16O. The van der Waals surface area contributed by atoms with Gasteiger partial charge in [0.2, 0.25) is 0 Å². The molecule has 5 atom stereocenters. The Morgan fingerprint density at radius 2 is 1.91 bits per heavy atom. The van der Waals surface area contributed by atoms with Crippen LogP contribution in [0.1, 0.15) is 26.7 Å². The summed E-state index contributed by atoms with van der Waals surface area (Å²) in [5, 5.41) is 0. The molecule has 0 spiro atoms. The lowest BCUT2D eigenvalue weighted by Crippen LogP contribution is -2.24. The molecule has 0 heterocycles. The first-order valence-corrected chi connectivity index (χ1v) is 4.69. The minimum atomic E-state index is 0.409. The maximum Gasteiger partial charge on any atom is 0.123 e. The van der Waals surface area contributed by atoms with Crippen molar-refractivity contribution in [2.45, 2.75) is 26.7 Å². The normalized spacial score (nSPS) is 54.9. The van der Waals surface area contributed by atoms with Gasteiger partial charge in [-0.25, -0.2) is 0 Å². The lowest BCUT2D eigenvalue weighted by Gasteiger charge is -2.28. The van der Waals surface area contributed by atoms with Gasteiger partial charge < -0.3 is 4.79 Å². The van der Waals surface area contributed by atoms with Crippen LogP contribution in [0, 0.1) is 29.6 Å². The molecule has 0 saturated heterocycles. The second kappa shape index (κ2) is 2.33. The predicted octanol–water partition coefficient (Wildman–Crippen LogP) is 2.11. The number of carbonyl (C=O) groups is 1. The molecule has 11 heavy (non-hydrogen) atoms. The number of hydrogen-bond donors (Lipinski definition) is 0. The van der Waals surface area contributed by atoms with E-state index in [0.717, 1.165) is 23.7 Å². The standard InChI is InChI=1S/C10H16O/c1-6-7(2)10-4-8(6)3-9(10)5-11/h5-10H,3-4H2,1-2H3/t6?,7?,8-,9?,10+/m0/s1. The molecule has 2 rings (SSSR count). The van der Waals surface area contributed by atoms with Gasteiger partial charge in [0.25, 0.3) is 0 Å². The second-order valence-electron chi connectivity index (χ2n) is 4.41. The summed E-state index contributed by atoms with van der Waals surface area (Å²) in [6, 6.07) is 0. The van der Waals surface area contributed by atoms with Gasteiger partial charge in [-0.15, -0.1) is 0 Å². The monoisotopic (exact) mass is 152 g/mol. The second-order valence-corrected chi connectivity index (χ2v) is 4.41. The molecule has 1 nitrogen and oxygen atoms in total. The largest absolute Gasteiger partial charge is 0.303 e. The highest BCUT2D eigenvalue weighted by Gasteiger charge is 2.48. The Balaban J connectivity index is 2.15. The van der Waals surface area contributed by atoms with Gasteiger partial charge in [-0.2, -0.15) is 0 Å². The minimum Gasteiger partial charge on any atom is -0.303 e.